The third-order valence-electron chi connectivity index (χ3n) is 4.64. The van der Waals surface area contributed by atoms with Gasteiger partial charge >= 0.3 is 0 Å². The van der Waals surface area contributed by atoms with Crippen molar-refractivity contribution in [3.8, 4) is 5.75 Å². The van der Waals surface area contributed by atoms with Crippen molar-refractivity contribution >= 4 is 11.8 Å². The van der Waals surface area contributed by atoms with Crippen molar-refractivity contribution in [3.05, 3.63) is 47.3 Å². The van der Waals surface area contributed by atoms with E-state index < -0.39 is 0 Å². The summed E-state index contributed by atoms with van der Waals surface area (Å²) < 4.78 is 6.88. The second kappa shape index (κ2) is 8.04. The minimum absolute atomic E-state index is 0.173. The Hall–Kier alpha value is -2.83. The van der Waals surface area contributed by atoms with Crippen molar-refractivity contribution < 1.29 is 14.3 Å². The van der Waals surface area contributed by atoms with E-state index in [0.717, 1.165) is 18.5 Å². The number of carbonyl (C=O) groups excluding carboxylic acids is 2. The predicted molar refractivity (Wildman–Crippen MR) is 107 cm³/mol. The zero-order valence-corrected chi connectivity index (χ0v) is 16.9. The van der Waals surface area contributed by atoms with E-state index in [1.807, 2.05) is 26.8 Å². The van der Waals surface area contributed by atoms with Gasteiger partial charge in [0.25, 0.3) is 11.8 Å². The molecule has 1 aliphatic rings. The zero-order valence-electron chi connectivity index (χ0n) is 16.9. The maximum absolute atomic E-state index is 12.7. The molecule has 2 N–H and O–H groups in total. The van der Waals surface area contributed by atoms with E-state index in [0.29, 0.717) is 36.0 Å². The molecule has 2 aromatic rings. The summed E-state index contributed by atoms with van der Waals surface area (Å²) in [6.45, 7) is 6.78. The molecule has 1 aromatic heterocycles. The highest BCUT2D eigenvalue weighted by atomic mass is 16.5. The third-order valence-corrected chi connectivity index (χ3v) is 4.64. The monoisotopic (exact) mass is 384 g/mol. The highest BCUT2D eigenvalue weighted by Gasteiger charge is 2.31. The van der Waals surface area contributed by atoms with Crippen molar-refractivity contribution in [1.82, 2.24) is 20.4 Å². The van der Waals surface area contributed by atoms with Gasteiger partial charge in [-0.2, -0.15) is 5.10 Å². The molecular formula is C21H28N4O3. The van der Waals surface area contributed by atoms with E-state index in [-0.39, 0.29) is 17.4 Å². The Kier molecular flexibility index (Phi) is 5.72. The Morgan fingerprint density at radius 1 is 1.11 bits per heavy atom. The van der Waals surface area contributed by atoms with Gasteiger partial charge in [0.05, 0.1) is 18.3 Å². The number of nitrogens with zero attached hydrogens (tertiary/aromatic N) is 2. The van der Waals surface area contributed by atoms with Gasteiger partial charge < -0.3 is 15.4 Å². The van der Waals surface area contributed by atoms with Crippen molar-refractivity contribution in [2.45, 2.75) is 45.1 Å². The van der Waals surface area contributed by atoms with Crippen molar-refractivity contribution in [1.29, 1.82) is 0 Å². The first kappa shape index (κ1) is 19.9. The maximum Gasteiger partial charge on any atom is 0.269 e. The number of amides is 2. The van der Waals surface area contributed by atoms with Crippen LogP contribution in [-0.4, -0.2) is 41.8 Å². The lowest BCUT2D eigenvalue weighted by molar-refractivity contribution is 0.0917. The first-order chi connectivity index (χ1) is 13.3. The van der Waals surface area contributed by atoms with E-state index in [1.54, 1.807) is 36.1 Å². The van der Waals surface area contributed by atoms with Gasteiger partial charge in [-0.25, -0.2) is 0 Å². The average Bonchev–Trinajstić information content (AvgIpc) is 3.41. The number of ether oxygens (including phenoxy) is 1. The minimum atomic E-state index is -0.275. The van der Waals surface area contributed by atoms with Crippen LogP contribution in [0.15, 0.2) is 30.3 Å². The molecule has 0 unspecified atom stereocenters. The first-order valence-electron chi connectivity index (χ1n) is 9.60. The van der Waals surface area contributed by atoms with Crippen LogP contribution in [0.2, 0.25) is 0 Å². The number of methoxy groups -OCH3 is 1. The van der Waals surface area contributed by atoms with Gasteiger partial charge in [-0.1, -0.05) is 0 Å². The van der Waals surface area contributed by atoms with Crippen LogP contribution in [0.4, 0.5) is 0 Å². The summed E-state index contributed by atoms with van der Waals surface area (Å²) in [6, 6.07) is 8.78. The largest absolute Gasteiger partial charge is 0.497 e. The van der Waals surface area contributed by atoms with Crippen molar-refractivity contribution in [2.24, 2.45) is 0 Å². The van der Waals surface area contributed by atoms with Crippen LogP contribution in [0.3, 0.4) is 0 Å². The van der Waals surface area contributed by atoms with Gasteiger partial charge in [0.1, 0.15) is 11.4 Å². The van der Waals surface area contributed by atoms with E-state index in [1.165, 1.54) is 0 Å². The van der Waals surface area contributed by atoms with Crippen molar-refractivity contribution in [3.63, 3.8) is 0 Å². The molecule has 7 heteroatoms. The molecular weight excluding hydrogens is 356 g/mol. The Balaban J connectivity index is 1.53. The molecule has 0 atom stereocenters. The van der Waals surface area contributed by atoms with Crippen LogP contribution in [-0.2, 0) is 5.54 Å². The molecule has 150 valence electrons. The maximum atomic E-state index is 12.7. The fraction of sp³-hybridized carbons (Fsp3) is 0.476. The summed E-state index contributed by atoms with van der Waals surface area (Å²) in [4.78, 5) is 24.8. The average molecular weight is 384 g/mol. The molecule has 1 saturated carbocycles. The Morgan fingerprint density at radius 3 is 2.25 bits per heavy atom. The van der Waals surface area contributed by atoms with Crippen LogP contribution >= 0.6 is 0 Å². The molecule has 2 amide bonds. The summed E-state index contributed by atoms with van der Waals surface area (Å²) in [5.41, 5.74) is 1.83. The lowest BCUT2D eigenvalue weighted by atomic mass is 10.1. The topological polar surface area (TPSA) is 85.2 Å². The molecule has 1 aromatic carbocycles. The zero-order chi connectivity index (χ0) is 20.3. The second-order valence-electron chi connectivity index (χ2n) is 8.05. The number of hydrogen-bond donors (Lipinski definition) is 2. The Labute approximate surface area is 165 Å². The third kappa shape index (κ3) is 4.71. The first-order valence-corrected chi connectivity index (χ1v) is 9.60. The summed E-state index contributed by atoms with van der Waals surface area (Å²) in [5, 5.41) is 10.3. The Bertz CT molecular complexity index is 846. The molecule has 1 aliphatic carbocycles. The minimum Gasteiger partial charge on any atom is -0.497 e. The summed E-state index contributed by atoms with van der Waals surface area (Å²) in [5.74, 6) is 0.824. The number of benzene rings is 1. The van der Waals surface area contributed by atoms with E-state index in [2.05, 4.69) is 15.7 Å². The normalized spacial score (nSPS) is 13.9. The standard InChI is InChI=1S/C21H28N4O3/c1-21(2,3)25-18(13-17(24-25)14-5-6-14)20(27)23-12-11-22-19(26)15-7-9-16(28-4)10-8-15/h7-10,13-14H,5-6,11-12H2,1-4H3,(H,22,26)(H,23,27). The molecule has 0 bridgehead atoms. The van der Waals surface area contributed by atoms with Gasteiger partial charge in [-0.05, 0) is 63.9 Å². The number of hydrogen-bond acceptors (Lipinski definition) is 4. The van der Waals surface area contributed by atoms with E-state index >= 15 is 0 Å². The van der Waals surface area contributed by atoms with Gasteiger partial charge in [0.15, 0.2) is 0 Å². The number of nitrogens with one attached hydrogen (secondary N) is 2. The van der Waals surface area contributed by atoms with Gasteiger partial charge in [-0.3, -0.25) is 14.3 Å². The lowest BCUT2D eigenvalue weighted by Crippen LogP contribution is -2.37. The molecule has 0 radical (unpaired) electrons. The van der Waals surface area contributed by atoms with E-state index in [4.69, 9.17) is 4.74 Å². The molecule has 28 heavy (non-hydrogen) atoms. The van der Waals surface area contributed by atoms with Crippen LogP contribution < -0.4 is 15.4 Å². The SMILES string of the molecule is COc1ccc(C(=O)NCCNC(=O)c2cc(C3CC3)nn2C(C)(C)C)cc1. The van der Waals surface area contributed by atoms with Crippen LogP contribution in [0.25, 0.3) is 0 Å². The van der Waals surface area contributed by atoms with Crippen LogP contribution in [0.5, 0.6) is 5.75 Å². The highest BCUT2D eigenvalue weighted by molar-refractivity contribution is 5.94. The highest BCUT2D eigenvalue weighted by Crippen LogP contribution is 2.40. The van der Waals surface area contributed by atoms with Gasteiger partial charge in [-0.15, -0.1) is 0 Å². The fourth-order valence-corrected chi connectivity index (χ4v) is 2.94. The smallest absolute Gasteiger partial charge is 0.269 e. The van der Waals surface area contributed by atoms with Gasteiger partial charge in [0, 0.05) is 24.6 Å². The lowest BCUT2D eigenvalue weighted by Gasteiger charge is -2.22. The quantitative estimate of drug-likeness (QED) is 0.719. The number of carbonyl (C=O) groups is 2. The van der Waals surface area contributed by atoms with Crippen LogP contribution in [0, 0.1) is 0 Å². The summed E-state index contributed by atoms with van der Waals surface area (Å²) in [7, 11) is 1.58. The van der Waals surface area contributed by atoms with E-state index in [9.17, 15) is 9.59 Å². The number of aromatic nitrogens is 2. The molecule has 1 fully saturated rings. The van der Waals surface area contributed by atoms with Crippen molar-refractivity contribution in [2.75, 3.05) is 20.2 Å². The molecule has 7 nitrogen and oxygen atoms in total. The predicted octanol–water partition coefficient (Wildman–Crippen LogP) is 2.68. The molecule has 0 saturated heterocycles. The Morgan fingerprint density at radius 2 is 1.71 bits per heavy atom. The molecule has 0 spiro atoms. The summed E-state index contributed by atoms with van der Waals surface area (Å²) in [6.07, 6.45) is 2.28. The summed E-state index contributed by atoms with van der Waals surface area (Å²) >= 11 is 0. The second-order valence-corrected chi connectivity index (χ2v) is 8.05. The van der Waals surface area contributed by atoms with Gasteiger partial charge in [0.2, 0.25) is 0 Å². The fourth-order valence-electron chi connectivity index (χ4n) is 2.94. The molecule has 1 heterocycles. The molecule has 0 aliphatic heterocycles. The van der Waals surface area contributed by atoms with Crippen LogP contribution in [0.1, 0.15) is 66.1 Å². The molecule has 3 rings (SSSR count). The number of rotatable bonds is 7.